The van der Waals surface area contributed by atoms with Crippen LogP contribution in [0.5, 0.6) is 0 Å². The Bertz CT molecular complexity index is 3180. The molecule has 0 saturated heterocycles. The van der Waals surface area contributed by atoms with Gasteiger partial charge in [-0.05, 0) is 46.8 Å². The first kappa shape index (κ1) is 30.3. The molecule has 0 atom stereocenters. The molecule has 0 bridgehead atoms. The third kappa shape index (κ3) is 4.69. The summed E-state index contributed by atoms with van der Waals surface area (Å²) in [4.78, 5) is 15.5. The minimum absolute atomic E-state index is 0.578. The Hall–Kier alpha value is -7.37. The number of benzene rings is 8. The molecule has 8 aromatic carbocycles. The van der Waals surface area contributed by atoms with Crippen LogP contribution in [-0.2, 0) is 0 Å². The van der Waals surface area contributed by atoms with Crippen molar-refractivity contribution in [3.05, 3.63) is 188 Å². The van der Waals surface area contributed by atoms with Crippen LogP contribution in [0.1, 0.15) is 0 Å². The number of para-hydroxylation sites is 2. The van der Waals surface area contributed by atoms with E-state index in [2.05, 4.69) is 173 Å². The molecule has 0 amide bonds. The second kappa shape index (κ2) is 12.1. The zero-order chi connectivity index (χ0) is 35.6. The van der Waals surface area contributed by atoms with E-state index in [0.717, 1.165) is 44.3 Å². The van der Waals surface area contributed by atoms with Crippen molar-refractivity contribution in [2.24, 2.45) is 0 Å². The fraction of sp³-hybridized carbons (Fsp3) is 0. The molecule has 0 aliphatic heterocycles. The van der Waals surface area contributed by atoms with Gasteiger partial charge in [0.05, 0.1) is 22.1 Å². The van der Waals surface area contributed by atoms with Crippen molar-refractivity contribution in [3.8, 4) is 45.5 Å². The summed E-state index contributed by atoms with van der Waals surface area (Å²) in [5.41, 5.74) is 9.74. The zero-order valence-electron chi connectivity index (χ0n) is 29.1. The van der Waals surface area contributed by atoms with Crippen LogP contribution in [0.15, 0.2) is 188 Å². The average Bonchev–Trinajstić information content (AvgIpc) is 3.78. The van der Waals surface area contributed by atoms with Gasteiger partial charge in [-0.3, -0.25) is 4.57 Å². The van der Waals surface area contributed by atoms with E-state index < -0.39 is 0 Å². The molecule has 5 nitrogen and oxygen atoms in total. The van der Waals surface area contributed by atoms with Crippen LogP contribution in [0.25, 0.3) is 99.9 Å². The maximum absolute atomic E-state index is 5.25. The summed E-state index contributed by atoms with van der Waals surface area (Å²) in [6.45, 7) is 0. The van der Waals surface area contributed by atoms with E-state index in [1.807, 2.05) is 24.3 Å². The summed E-state index contributed by atoms with van der Waals surface area (Å²) >= 11 is 0. The van der Waals surface area contributed by atoms with E-state index in [4.69, 9.17) is 15.0 Å². The summed E-state index contributed by atoms with van der Waals surface area (Å²) < 4.78 is 4.64. The van der Waals surface area contributed by atoms with Crippen LogP contribution in [0, 0.1) is 0 Å². The Labute approximate surface area is 311 Å². The van der Waals surface area contributed by atoms with Gasteiger partial charge in [-0.25, -0.2) is 4.98 Å². The lowest BCUT2D eigenvalue weighted by molar-refractivity contribution is 0.953. The third-order valence-electron chi connectivity index (χ3n) is 10.6. The van der Waals surface area contributed by atoms with Gasteiger partial charge in [-0.15, -0.1) is 0 Å². The predicted molar refractivity (Wildman–Crippen MR) is 222 cm³/mol. The third-order valence-corrected chi connectivity index (χ3v) is 10.6. The second-order valence-electron chi connectivity index (χ2n) is 13.7. The SMILES string of the molecule is c1ccc(-c2ccc(-c3nc(-c4ccccc4)nc(-n4c5ccccc5c5c6c7ccc8ccccc8c7n(-c7ccccc7)c6ccc54)n3)cc2)cc1. The molecule has 0 saturated carbocycles. The van der Waals surface area contributed by atoms with Gasteiger partial charge in [0.25, 0.3) is 0 Å². The van der Waals surface area contributed by atoms with Crippen LogP contribution in [0.2, 0.25) is 0 Å². The van der Waals surface area contributed by atoms with Crippen LogP contribution in [0.4, 0.5) is 0 Å². The normalized spacial score (nSPS) is 11.7. The average molecular weight is 690 g/mol. The summed E-state index contributed by atoms with van der Waals surface area (Å²) in [5.74, 6) is 1.83. The number of rotatable bonds is 5. The van der Waals surface area contributed by atoms with Gasteiger partial charge < -0.3 is 4.57 Å². The molecular weight excluding hydrogens is 659 g/mol. The molecule has 3 heterocycles. The second-order valence-corrected chi connectivity index (χ2v) is 13.7. The Balaban J connectivity index is 1.21. The van der Waals surface area contributed by atoms with E-state index in [1.165, 1.54) is 38.0 Å². The lowest BCUT2D eigenvalue weighted by atomic mass is 10.0. The minimum atomic E-state index is 0.578. The molecule has 0 spiro atoms. The number of nitrogens with zero attached hydrogens (tertiary/aromatic N) is 5. The van der Waals surface area contributed by atoms with E-state index in [9.17, 15) is 0 Å². The summed E-state index contributed by atoms with van der Waals surface area (Å²) in [7, 11) is 0. The van der Waals surface area contributed by atoms with Crippen molar-refractivity contribution in [3.63, 3.8) is 0 Å². The smallest absolute Gasteiger partial charge is 0.238 e. The molecule has 0 unspecified atom stereocenters. The fourth-order valence-electron chi connectivity index (χ4n) is 8.14. The molecule has 0 aliphatic carbocycles. The van der Waals surface area contributed by atoms with E-state index in [0.29, 0.717) is 17.6 Å². The van der Waals surface area contributed by atoms with Crippen LogP contribution < -0.4 is 0 Å². The van der Waals surface area contributed by atoms with Gasteiger partial charge in [0.1, 0.15) is 0 Å². The minimum Gasteiger partial charge on any atom is -0.309 e. The van der Waals surface area contributed by atoms with E-state index in [-0.39, 0.29) is 0 Å². The Morgan fingerprint density at radius 1 is 0.315 bits per heavy atom. The maximum atomic E-state index is 5.25. The molecule has 11 aromatic rings. The lowest BCUT2D eigenvalue weighted by Crippen LogP contribution is -2.06. The number of hydrogen-bond donors (Lipinski definition) is 0. The highest BCUT2D eigenvalue weighted by molar-refractivity contribution is 6.31. The van der Waals surface area contributed by atoms with Crippen molar-refractivity contribution in [2.45, 2.75) is 0 Å². The quantitative estimate of drug-likeness (QED) is 0.181. The fourth-order valence-corrected chi connectivity index (χ4v) is 8.14. The highest BCUT2D eigenvalue weighted by atomic mass is 15.2. The molecular formula is C49H31N5. The first-order valence-electron chi connectivity index (χ1n) is 18.2. The molecule has 252 valence electrons. The van der Waals surface area contributed by atoms with Crippen molar-refractivity contribution < 1.29 is 0 Å². The zero-order valence-corrected chi connectivity index (χ0v) is 29.1. The van der Waals surface area contributed by atoms with Gasteiger partial charge in [0.2, 0.25) is 5.95 Å². The van der Waals surface area contributed by atoms with Gasteiger partial charge in [-0.2, -0.15) is 9.97 Å². The monoisotopic (exact) mass is 689 g/mol. The topological polar surface area (TPSA) is 48.5 Å². The Kier molecular flexibility index (Phi) is 6.79. The molecule has 54 heavy (non-hydrogen) atoms. The number of fused-ring (bicyclic) bond motifs is 9. The van der Waals surface area contributed by atoms with E-state index >= 15 is 0 Å². The van der Waals surface area contributed by atoms with Crippen LogP contribution >= 0.6 is 0 Å². The van der Waals surface area contributed by atoms with Crippen LogP contribution in [0.3, 0.4) is 0 Å². The highest BCUT2D eigenvalue weighted by Gasteiger charge is 2.23. The van der Waals surface area contributed by atoms with Gasteiger partial charge in [0.15, 0.2) is 11.6 Å². The van der Waals surface area contributed by atoms with Gasteiger partial charge in [0, 0.05) is 43.7 Å². The Morgan fingerprint density at radius 3 is 1.56 bits per heavy atom. The Morgan fingerprint density at radius 2 is 0.833 bits per heavy atom. The summed E-state index contributed by atoms with van der Waals surface area (Å²) in [5, 5.41) is 7.18. The molecule has 0 radical (unpaired) electrons. The van der Waals surface area contributed by atoms with Crippen LogP contribution in [-0.4, -0.2) is 24.1 Å². The molecule has 0 aliphatic rings. The largest absolute Gasteiger partial charge is 0.309 e. The standard InChI is InChI=1S/C49H31N5/c1-4-14-32(15-5-1)33-24-26-36(27-25-33)48-50-47(35-17-6-2-7-18-35)51-49(52-48)54-41-23-13-12-22-39(41)44-43(54)31-30-42-45(44)40-29-28-34-16-10-11-21-38(34)46(40)53(42)37-19-8-3-9-20-37/h1-31H. The summed E-state index contributed by atoms with van der Waals surface area (Å²) in [6, 6.07) is 66.1. The summed E-state index contributed by atoms with van der Waals surface area (Å²) in [6.07, 6.45) is 0. The predicted octanol–water partition coefficient (Wildman–Crippen LogP) is 12.2. The molecule has 5 heteroatoms. The van der Waals surface area contributed by atoms with Crippen molar-refractivity contribution in [2.75, 3.05) is 0 Å². The van der Waals surface area contributed by atoms with E-state index in [1.54, 1.807) is 0 Å². The number of hydrogen-bond acceptors (Lipinski definition) is 3. The molecule has 0 N–H and O–H groups in total. The van der Waals surface area contributed by atoms with Gasteiger partial charge in [-0.1, -0.05) is 158 Å². The molecule has 11 rings (SSSR count). The first-order valence-corrected chi connectivity index (χ1v) is 18.2. The van der Waals surface area contributed by atoms with Crippen molar-refractivity contribution in [1.82, 2.24) is 24.1 Å². The first-order chi connectivity index (χ1) is 26.8. The van der Waals surface area contributed by atoms with Gasteiger partial charge >= 0.3 is 0 Å². The lowest BCUT2D eigenvalue weighted by Gasteiger charge is -2.11. The molecule has 3 aromatic heterocycles. The van der Waals surface area contributed by atoms with Crippen molar-refractivity contribution >= 4 is 54.4 Å². The number of aromatic nitrogens is 5. The highest BCUT2D eigenvalue weighted by Crippen LogP contribution is 2.44. The molecule has 0 fully saturated rings. The maximum Gasteiger partial charge on any atom is 0.238 e. The van der Waals surface area contributed by atoms with Crippen molar-refractivity contribution in [1.29, 1.82) is 0 Å².